The molecule has 0 saturated heterocycles. The molecule has 60 heavy (non-hydrogen) atoms. The molecule has 2 aromatic heterocycles. The van der Waals surface area contributed by atoms with Crippen molar-refractivity contribution in [1.82, 2.24) is 9.13 Å². The Morgan fingerprint density at radius 1 is 0.383 bits per heavy atom. The summed E-state index contributed by atoms with van der Waals surface area (Å²) in [5.41, 5.74) is 3.49. The van der Waals surface area contributed by atoms with Gasteiger partial charge in [-0.05, 0) is 92.4 Å². The van der Waals surface area contributed by atoms with Gasteiger partial charge in [-0.15, -0.1) is 0 Å². The Hall–Kier alpha value is -5.43. The minimum Gasteiger partial charge on any atom is -0.309 e. The van der Waals surface area contributed by atoms with Crippen LogP contribution in [0.3, 0.4) is 0 Å². The third-order valence-electron chi connectivity index (χ3n) is 12.1. The van der Waals surface area contributed by atoms with Gasteiger partial charge in [-0.2, -0.15) is 13.2 Å². The standard InChI is InChI=1S/C53H53F5N2/c1-49(2,3)30-16-20-34-35-21-17-31(50(4,5)6)25-43(35)59(42(34)24-30)46-29-39(53(56,57)58)47(28-38(46)48-40(54)14-13-15-41(48)55)60-44-26-32(51(7,8)9)18-22-36(44)37-23-19-33(27-45(37)60)52(10,11)12/h13-29H,1-12H3. The molecule has 2 nitrogen and oxygen atoms in total. The first-order valence-electron chi connectivity index (χ1n) is 20.6. The molecule has 310 valence electrons. The summed E-state index contributed by atoms with van der Waals surface area (Å²) in [4.78, 5) is 0. The van der Waals surface area contributed by atoms with E-state index in [-0.39, 0.29) is 38.6 Å². The SMILES string of the molecule is CC(C)(C)c1ccc2c3ccc(C(C)(C)C)cc3n(-c3cc(C(F)(F)F)c(-n4c5cc(C(C)(C)C)ccc5c5ccc(C(C)(C)C)cc54)cc3-c3c(F)cccc3F)c2c1. The summed E-state index contributed by atoms with van der Waals surface area (Å²) in [6, 6.07) is 30.1. The van der Waals surface area contributed by atoms with Crippen LogP contribution in [0.25, 0.3) is 66.1 Å². The van der Waals surface area contributed by atoms with E-state index in [9.17, 15) is 0 Å². The van der Waals surface area contributed by atoms with Crippen molar-refractivity contribution in [3.05, 3.63) is 143 Å². The quantitative estimate of drug-likeness (QED) is 0.157. The van der Waals surface area contributed by atoms with Gasteiger partial charge >= 0.3 is 6.18 Å². The number of alkyl halides is 3. The summed E-state index contributed by atoms with van der Waals surface area (Å²) in [6.45, 7) is 24.9. The Balaban J connectivity index is 1.62. The Bertz CT molecular complexity index is 2860. The molecule has 8 aromatic rings. The van der Waals surface area contributed by atoms with Gasteiger partial charge in [0.15, 0.2) is 0 Å². The van der Waals surface area contributed by atoms with Gasteiger partial charge in [0, 0.05) is 27.1 Å². The molecule has 0 unspecified atom stereocenters. The number of halogens is 5. The van der Waals surface area contributed by atoms with Crippen LogP contribution in [-0.4, -0.2) is 9.13 Å². The van der Waals surface area contributed by atoms with E-state index in [4.69, 9.17) is 0 Å². The third-order valence-corrected chi connectivity index (χ3v) is 12.1. The lowest BCUT2D eigenvalue weighted by Gasteiger charge is -2.24. The summed E-state index contributed by atoms with van der Waals surface area (Å²) in [6.07, 6.45) is -4.88. The molecule has 0 atom stereocenters. The second-order valence-corrected chi connectivity index (χ2v) is 20.6. The molecule has 0 aliphatic carbocycles. The molecule has 0 aliphatic rings. The van der Waals surface area contributed by atoms with Crippen molar-refractivity contribution in [2.75, 3.05) is 0 Å². The van der Waals surface area contributed by atoms with E-state index >= 15 is 22.0 Å². The normalized spacial score (nSPS) is 13.4. The van der Waals surface area contributed by atoms with Crippen molar-refractivity contribution < 1.29 is 22.0 Å². The van der Waals surface area contributed by atoms with Gasteiger partial charge in [-0.25, -0.2) is 8.78 Å². The van der Waals surface area contributed by atoms with Crippen LogP contribution in [0.2, 0.25) is 0 Å². The maximum atomic E-state index is 16.4. The average Bonchev–Trinajstić information content (AvgIpc) is 3.64. The lowest BCUT2D eigenvalue weighted by Crippen LogP contribution is -2.15. The van der Waals surface area contributed by atoms with Crippen molar-refractivity contribution in [1.29, 1.82) is 0 Å². The number of rotatable bonds is 3. The molecule has 0 fully saturated rings. The minimum atomic E-state index is -4.88. The van der Waals surface area contributed by atoms with Crippen molar-refractivity contribution in [3.8, 4) is 22.5 Å². The first-order valence-corrected chi connectivity index (χ1v) is 20.6. The minimum absolute atomic E-state index is 0.00340. The zero-order chi connectivity index (χ0) is 43.6. The van der Waals surface area contributed by atoms with Crippen LogP contribution in [0, 0.1) is 11.6 Å². The van der Waals surface area contributed by atoms with Crippen LogP contribution < -0.4 is 0 Å². The molecule has 0 amide bonds. The molecular formula is C53H53F5N2. The van der Waals surface area contributed by atoms with Crippen molar-refractivity contribution >= 4 is 43.6 Å². The van der Waals surface area contributed by atoms with Gasteiger partial charge in [0.25, 0.3) is 0 Å². The predicted octanol–water partition coefficient (Wildman–Crippen LogP) is 16.0. The fraction of sp³-hybridized carbons (Fsp3) is 0.321. The van der Waals surface area contributed by atoms with Crippen molar-refractivity contribution in [2.45, 2.75) is 111 Å². The largest absolute Gasteiger partial charge is 0.418 e. The van der Waals surface area contributed by atoms with Gasteiger partial charge in [0.05, 0.1) is 44.6 Å². The summed E-state index contributed by atoms with van der Waals surface area (Å²) in [5, 5.41) is 3.20. The van der Waals surface area contributed by atoms with E-state index in [1.807, 2.05) is 72.8 Å². The zero-order valence-corrected chi connectivity index (χ0v) is 36.6. The number of nitrogens with zero attached hydrogens (tertiary/aromatic N) is 2. The number of fused-ring (bicyclic) bond motifs is 6. The van der Waals surface area contributed by atoms with Crippen LogP contribution in [0.5, 0.6) is 0 Å². The van der Waals surface area contributed by atoms with E-state index in [1.54, 1.807) is 9.13 Å². The smallest absolute Gasteiger partial charge is 0.309 e. The molecule has 8 rings (SSSR count). The molecule has 0 N–H and O–H groups in total. The summed E-state index contributed by atoms with van der Waals surface area (Å²) < 4.78 is 84.9. The molecular weight excluding hydrogens is 760 g/mol. The van der Waals surface area contributed by atoms with Gasteiger partial charge in [-0.1, -0.05) is 138 Å². The maximum absolute atomic E-state index is 16.4. The summed E-state index contributed by atoms with van der Waals surface area (Å²) in [5.74, 6) is -1.75. The number of benzene rings is 6. The highest BCUT2D eigenvalue weighted by Gasteiger charge is 2.38. The monoisotopic (exact) mass is 812 g/mol. The first-order chi connectivity index (χ1) is 27.7. The van der Waals surface area contributed by atoms with Gasteiger partial charge in [-0.3, -0.25) is 0 Å². The predicted molar refractivity (Wildman–Crippen MR) is 240 cm³/mol. The summed E-state index contributed by atoms with van der Waals surface area (Å²) in [7, 11) is 0. The topological polar surface area (TPSA) is 9.86 Å². The lowest BCUT2D eigenvalue weighted by molar-refractivity contribution is -0.137. The molecule has 0 saturated carbocycles. The molecule has 0 aliphatic heterocycles. The third kappa shape index (κ3) is 6.88. The zero-order valence-electron chi connectivity index (χ0n) is 36.6. The molecule has 2 heterocycles. The Labute approximate surface area is 349 Å². The van der Waals surface area contributed by atoms with Gasteiger partial charge < -0.3 is 9.13 Å². The first kappa shape index (κ1) is 41.3. The Morgan fingerprint density at radius 3 is 1.00 bits per heavy atom. The maximum Gasteiger partial charge on any atom is 0.418 e. The second kappa shape index (κ2) is 13.5. The average molecular weight is 813 g/mol. The van der Waals surface area contributed by atoms with Gasteiger partial charge in [0.2, 0.25) is 0 Å². The molecule has 0 bridgehead atoms. The number of hydrogen-bond acceptors (Lipinski definition) is 0. The van der Waals surface area contributed by atoms with Crippen LogP contribution >= 0.6 is 0 Å². The van der Waals surface area contributed by atoms with Gasteiger partial charge in [0.1, 0.15) is 11.6 Å². The Morgan fingerprint density at radius 2 is 0.700 bits per heavy atom. The second-order valence-electron chi connectivity index (χ2n) is 20.6. The van der Waals surface area contributed by atoms with Crippen LogP contribution in [0.4, 0.5) is 22.0 Å². The summed E-state index contributed by atoms with van der Waals surface area (Å²) >= 11 is 0. The van der Waals surface area contributed by atoms with E-state index in [2.05, 4.69) is 83.1 Å². The highest BCUT2D eigenvalue weighted by atomic mass is 19.4. The molecule has 0 radical (unpaired) electrons. The van der Waals surface area contributed by atoms with E-state index in [0.29, 0.717) is 22.1 Å². The molecule has 6 aromatic carbocycles. The van der Waals surface area contributed by atoms with E-state index in [1.165, 1.54) is 12.1 Å². The Kier molecular flexibility index (Phi) is 9.32. The van der Waals surface area contributed by atoms with Crippen molar-refractivity contribution in [2.24, 2.45) is 0 Å². The number of hydrogen-bond donors (Lipinski definition) is 0. The number of aromatic nitrogens is 2. The van der Waals surface area contributed by atoms with E-state index in [0.717, 1.165) is 62.0 Å². The fourth-order valence-electron chi connectivity index (χ4n) is 8.55. The van der Waals surface area contributed by atoms with Crippen LogP contribution in [-0.2, 0) is 27.8 Å². The highest BCUT2D eigenvalue weighted by Crippen LogP contribution is 2.47. The van der Waals surface area contributed by atoms with Crippen molar-refractivity contribution in [3.63, 3.8) is 0 Å². The molecule has 7 heteroatoms. The van der Waals surface area contributed by atoms with E-state index < -0.39 is 28.9 Å². The molecule has 0 spiro atoms. The highest BCUT2D eigenvalue weighted by molar-refractivity contribution is 6.11. The lowest BCUT2D eigenvalue weighted by atomic mass is 9.86. The van der Waals surface area contributed by atoms with Crippen LogP contribution in [0.15, 0.2) is 103 Å². The van der Waals surface area contributed by atoms with Crippen LogP contribution in [0.1, 0.15) is 111 Å². The fourth-order valence-corrected chi connectivity index (χ4v) is 8.55.